The first-order valence-corrected chi connectivity index (χ1v) is 8.06. The number of alkyl halides is 3. The van der Waals surface area contributed by atoms with Crippen LogP contribution in [0.1, 0.15) is 12.8 Å². The number of anilines is 1. The molecule has 0 saturated heterocycles. The summed E-state index contributed by atoms with van der Waals surface area (Å²) in [5.41, 5.74) is 0.640. The second kappa shape index (κ2) is 8.82. The highest BCUT2D eigenvalue weighted by Crippen LogP contribution is 2.23. The lowest BCUT2D eigenvalue weighted by Crippen LogP contribution is -2.37. The molecule has 0 bridgehead atoms. The molecule has 0 spiro atoms. The van der Waals surface area contributed by atoms with E-state index in [1.54, 1.807) is 6.07 Å². The smallest absolute Gasteiger partial charge is 0.396 e. The van der Waals surface area contributed by atoms with Crippen LogP contribution in [-0.2, 0) is 4.79 Å². The molecule has 136 valence electrons. The highest BCUT2D eigenvalue weighted by Gasteiger charge is 2.30. The standard InChI is InChI=1S/C18H21F3N2O2/c19-18(20,21)13-23(10-4-12-24)11-9-17(25)22-16-8-3-6-14-5-1-2-7-15(14)16/h1-3,5-8,24H,4,9-13H2,(H,22,25). The van der Waals surface area contributed by atoms with Gasteiger partial charge in [0.25, 0.3) is 0 Å². The monoisotopic (exact) mass is 354 g/mol. The molecule has 0 unspecified atom stereocenters. The molecule has 0 saturated carbocycles. The Hall–Kier alpha value is -2.12. The second-order valence-electron chi connectivity index (χ2n) is 5.79. The predicted octanol–water partition coefficient (Wildman–Crippen LogP) is 3.42. The molecule has 0 aliphatic heterocycles. The van der Waals surface area contributed by atoms with E-state index in [0.29, 0.717) is 5.69 Å². The molecule has 2 aromatic carbocycles. The SMILES string of the molecule is O=C(CCN(CCCO)CC(F)(F)F)Nc1cccc2ccccc12. The van der Waals surface area contributed by atoms with E-state index in [4.69, 9.17) is 5.11 Å². The molecule has 2 aromatic rings. The van der Waals surface area contributed by atoms with Gasteiger partial charge in [0, 0.05) is 37.2 Å². The number of amides is 1. The van der Waals surface area contributed by atoms with Crippen molar-refractivity contribution in [3.63, 3.8) is 0 Å². The fourth-order valence-electron chi connectivity index (χ4n) is 2.62. The average Bonchev–Trinajstić information content (AvgIpc) is 2.56. The summed E-state index contributed by atoms with van der Waals surface area (Å²) < 4.78 is 37.7. The van der Waals surface area contributed by atoms with E-state index in [1.165, 1.54) is 0 Å². The Bertz CT molecular complexity index is 699. The van der Waals surface area contributed by atoms with Gasteiger partial charge in [0.1, 0.15) is 0 Å². The minimum Gasteiger partial charge on any atom is -0.396 e. The quantitative estimate of drug-likeness (QED) is 0.764. The van der Waals surface area contributed by atoms with Crippen molar-refractivity contribution in [2.75, 3.05) is 31.6 Å². The van der Waals surface area contributed by atoms with Crippen molar-refractivity contribution in [3.8, 4) is 0 Å². The van der Waals surface area contributed by atoms with E-state index >= 15 is 0 Å². The summed E-state index contributed by atoms with van der Waals surface area (Å²) in [5, 5.41) is 13.4. The van der Waals surface area contributed by atoms with Crippen LogP contribution in [0.25, 0.3) is 10.8 Å². The highest BCUT2D eigenvalue weighted by atomic mass is 19.4. The number of halogens is 3. The van der Waals surface area contributed by atoms with Gasteiger partial charge in [-0.3, -0.25) is 9.69 Å². The molecule has 4 nitrogen and oxygen atoms in total. The van der Waals surface area contributed by atoms with Crippen LogP contribution in [0.3, 0.4) is 0 Å². The Labute approximate surface area is 144 Å². The van der Waals surface area contributed by atoms with Gasteiger partial charge in [-0.25, -0.2) is 0 Å². The molecule has 0 heterocycles. The molecule has 0 radical (unpaired) electrons. The molecular formula is C18H21F3N2O2. The van der Waals surface area contributed by atoms with Gasteiger partial charge in [-0.05, 0) is 17.9 Å². The van der Waals surface area contributed by atoms with Gasteiger partial charge in [0.2, 0.25) is 5.91 Å². The number of aliphatic hydroxyl groups is 1. The Kier molecular flexibility index (Phi) is 6.78. The Balaban J connectivity index is 1.95. The highest BCUT2D eigenvalue weighted by molar-refractivity contribution is 6.02. The number of hydrogen-bond acceptors (Lipinski definition) is 3. The summed E-state index contributed by atoms with van der Waals surface area (Å²) in [6.45, 7) is -1.20. The van der Waals surface area contributed by atoms with Gasteiger partial charge < -0.3 is 10.4 Å². The van der Waals surface area contributed by atoms with E-state index in [9.17, 15) is 18.0 Å². The molecule has 25 heavy (non-hydrogen) atoms. The number of aliphatic hydroxyl groups excluding tert-OH is 1. The fraction of sp³-hybridized carbons (Fsp3) is 0.389. The van der Waals surface area contributed by atoms with Crippen molar-refractivity contribution in [3.05, 3.63) is 42.5 Å². The number of hydrogen-bond donors (Lipinski definition) is 2. The number of carbonyl (C=O) groups excluding carboxylic acids is 1. The summed E-state index contributed by atoms with van der Waals surface area (Å²) in [7, 11) is 0. The maximum atomic E-state index is 12.6. The topological polar surface area (TPSA) is 52.6 Å². The maximum absolute atomic E-state index is 12.6. The van der Waals surface area contributed by atoms with Crippen LogP contribution in [0.4, 0.5) is 18.9 Å². The lowest BCUT2D eigenvalue weighted by Gasteiger charge is -2.23. The van der Waals surface area contributed by atoms with Crippen LogP contribution in [0, 0.1) is 0 Å². The van der Waals surface area contributed by atoms with E-state index in [2.05, 4.69) is 5.32 Å². The maximum Gasteiger partial charge on any atom is 0.401 e. The molecule has 0 aliphatic rings. The summed E-state index contributed by atoms with van der Waals surface area (Å²) >= 11 is 0. The number of benzene rings is 2. The molecule has 0 atom stereocenters. The van der Waals surface area contributed by atoms with Crippen LogP contribution in [0.15, 0.2) is 42.5 Å². The van der Waals surface area contributed by atoms with E-state index in [-0.39, 0.29) is 38.4 Å². The third kappa shape index (κ3) is 6.36. The van der Waals surface area contributed by atoms with Crippen LogP contribution >= 0.6 is 0 Å². The number of carbonyl (C=O) groups is 1. The van der Waals surface area contributed by atoms with Crippen molar-refractivity contribution in [2.45, 2.75) is 19.0 Å². The Morgan fingerprint density at radius 1 is 1.08 bits per heavy atom. The molecule has 0 aliphatic carbocycles. The fourth-order valence-corrected chi connectivity index (χ4v) is 2.62. The summed E-state index contributed by atoms with van der Waals surface area (Å²) in [6, 6.07) is 13.1. The van der Waals surface area contributed by atoms with Gasteiger partial charge in [0.15, 0.2) is 0 Å². The summed E-state index contributed by atoms with van der Waals surface area (Å²) in [5.74, 6) is -0.340. The largest absolute Gasteiger partial charge is 0.401 e. The van der Waals surface area contributed by atoms with Gasteiger partial charge >= 0.3 is 6.18 Å². The van der Waals surface area contributed by atoms with Crippen molar-refractivity contribution in [1.82, 2.24) is 4.90 Å². The van der Waals surface area contributed by atoms with Gasteiger partial charge in [-0.1, -0.05) is 36.4 Å². The van der Waals surface area contributed by atoms with Crippen molar-refractivity contribution in [1.29, 1.82) is 0 Å². The van der Waals surface area contributed by atoms with Gasteiger partial charge in [-0.2, -0.15) is 13.2 Å². The van der Waals surface area contributed by atoms with Crippen LogP contribution in [0.2, 0.25) is 0 Å². The number of rotatable bonds is 8. The van der Waals surface area contributed by atoms with Crippen molar-refractivity contribution in [2.24, 2.45) is 0 Å². The van der Waals surface area contributed by atoms with Gasteiger partial charge in [-0.15, -0.1) is 0 Å². The first-order chi connectivity index (χ1) is 11.9. The number of nitrogens with zero attached hydrogens (tertiary/aromatic N) is 1. The normalized spacial score (nSPS) is 11.9. The first kappa shape index (κ1) is 19.2. The van der Waals surface area contributed by atoms with Crippen LogP contribution in [-0.4, -0.2) is 48.3 Å². The van der Waals surface area contributed by atoms with Crippen molar-refractivity contribution >= 4 is 22.4 Å². The average molecular weight is 354 g/mol. The number of fused-ring (bicyclic) bond motifs is 1. The van der Waals surface area contributed by atoms with E-state index in [0.717, 1.165) is 15.7 Å². The number of nitrogens with one attached hydrogen (secondary N) is 1. The third-order valence-electron chi connectivity index (χ3n) is 3.75. The molecule has 0 fully saturated rings. The van der Waals surface area contributed by atoms with E-state index < -0.39 is 12.7 Å². The molecule has 2 rings (SSSR count). The predicted molar refractivity (Wildman–Crippen MR) is 91.4 cm³/mol. The minimum atomic E-state index is -4.33. The van der Waals surface area contributed by atoms with Gasteiger partial charge in [0.05, 0.1) is 6.54 Å². The van der Waals surface area contributed by atoms with Crippen LogP contribution < -0.4 is 5.32 Å². The third-order valence-corrected chi connectivity index (χ3v) is 3.75. The summed E-state index contributed by atoms with van der Waals surface area (Å²) in [6.07, 6.45) is -4.15. The zero-order chi connectivity index (χ0) is 18.3. The second-order valence-corrected chi connectivity index (χ2v) is 5.79. The van der Waals surface area contributed by atoms with Crippen molar-refractivity contribution < 1.29 is 23.1 Å². The molecule has 7 heteroatoms. The Morgan fingerprint density at radius 3 is 2.52 bits per heavy atom. The lowest BCUT2D eigenvalue weighted by atomic mass is 10.1. The molecule has 1 amide bonds. The van der Waals surface area contributed by atoms with E-state index in [1.807, 2.05) is 36.4 Å². The lowest BCUT2D eigenvalue weighted by molar-refractivity contribution is -0.147. The molecular weight excluding hydrogens is 333 g/mol. The zero-order valence-electron chi connectivity index (χ0n) is 13.7. The minimum absolute atomic E-state index is 0.0177. The molecule has 0 aromatic heterocycles. The zero-order valence-corrected chi connectivity index (χ0v) is 13.7. The first-order valence-electron chi connectivity index (χ1n) is 8.06. The summed E-state index contributed by atoms with van der Waals surface area (Å²) in [4.78, 5) is 13.3. The Morgan fingerprint density at radius 2 is 1.80 bits per heavy atom. The molecule has 2 N–H and O–H groups in total. The van der Waals surface area contributed by atoms with Crippen LogP contribution in [0.5, 0.6) is 0 Å².